The smallest absolute Gasteiger partial charge is 0.230 e. The van der Waals surface area contributed by atoms with Crippen LogP contribution in [0, 0.1) is 5.92 Å². The average Bonchev–Trinajstić information content (AvgIpc) is 2.99. The molecule has 1 N–H and O–H groups in total. The summed E-state index contributed by atoms with van der Waals surface area (Å²) in [4.78, 5) is 16.3. The molecular formula is C18H25N3OS. The summed E-state index contributed by atoms with van der Waals surface area (Å²) in [6.07, 6.45) is 3.74. The normalized spacial score (nSPS) is 11.2. The Hall–Kier alpha value is -1.75. The molecule has 0 saturated carbocycles. The molecule has 23 heavy (non-hydrogen) atoms. The minimum atomic E-state index is 0.0513. The van der Waals surface area contributed by atoms with Gasteiger partial charge in [0.25, 0.3) is 0 Å². The molecule has 1 amide bonds. The van der Waals surface area contributed by atoms with Crippen LogP contribution in [-0.4, -0.2) is 27.8 Å². The maximum atomic E-state index is 11.9. The number of carbonyl (C=O) groups is 1. The van der Waals surface area contributed by atoms with E-state index >= 15 is 0 Å². The highest BCUT2D eigenvalue weighted by Gasteiger charge is 2.13. The van der Waals surface area contributed by atoms with Crippen molar-refractivity contribution in [2.45, 2.75) is 38.8 Å². The fourth-order valence-electron chi connectivity index (χ4n) is 2.27. The van der Waals surface area contributed by atoms with E-state index in [4.69, 9.17) is 0 Å². The number of rotatable bonds is 7. The first kappa shape index (κ1) is 17.6. The molecule has 0 aliphatic rings. The Morgan fingerprint density at radius 1 is 1.26 bits per heavy atom. The summed E-state index contributed by atoms with van der Waals surface area (Å²) >= 11 is 1.47. The van der Waals surface area contributed by atoms with Gasteiger partial charge in [0.05, 0.1) is 11.4 Å². The summed E-state index contributed by atoms with van der Waals surface area (Å²) in [5.41, 5.74) is 2.40. The van der Waals surface area contributed by atoms with Gasteiger partial charge < -0.3 is 5.32 Å². The second-order valence-corrected chi connectivity index (χ2v) is 7.22. The van der Waals surface area contributed by atoms with Gasteiger partial charge in [0, 0.05) is 18.9 Å². The lowest BCUT2D eigenvalue weighted by molar-refractivity contribution is -0.118. The number of para-hydroxylation sites is 1. The van der Waals surface area contributed by atoms with Crippen molar-refractivity contribution in [1.29, 1.82) is 0 Å². The van der Waals surface area contributed by atoms with Gasteiger partial charge in [0.2, 0.25) is 5.91 Å². The third-order valence-corrected chi connectivity index (χ3v) is 4.43. The van der Waals surface area contributed by atoms with Crippen LogP contribution in [0.5, 0.6) is 0 Å². The highest BCUT2D eigenvalue weighted by atomic mass is 32.2. The van der Waals surface area contributed by atoms with E-state index in [1.807, 2.05) is 12.3 Å². The Morgan fingerprint density at radius 3 is 2.70 bits per heavy atom. The highest BCUT2D eigenvalue weighted by molar-refractivity contribution is 7.99. The first-order chi connectivity index (χ1) is 11.0. The Bertz CT molecular complexity index is 649. The summed E-state index contributed by atoms with van der Waals surface area (Å²) < 4.78 is 2.07. The van der Waals surface area contributed by atoms with Gasteiger partial charge in [-0.2, -0.15) is 0 Å². The van der Waals surface area contributed by atoms with E-state index in [0.717, 1.165) is 10.8 Å². The topological polar surface area (TPSA) is 46.9 Å². The van der Waals surface area contributed by atoms with Gasteiger partial charge in [-0.3, -0.25) is 9.36 Å². The maximum absolute atomic E-state index is 11.9. The molecule has 4 nitrogen and oxygen atoms in total. The van der Waals surface area contributed by atoms with Crippen molar-refractivity contribution >= 4 is 17.7 Å². The van der Waals surface area contributed by atoms with E-state index < -0.39 is 0 Å². The fourth-order valence-corrected chi connectivity index (χ4v) is 3.07. The standard InChI is InChI=1S/C18H25N3OS/c1-13(2)11-20-17(22)12-23-18-19-9-10-21(18)16-8-6-5-7-15(16)14(3)4/h5-10,13-14H,11-12H2,1-4H3,(H,20,22). The summed E-state index contributed by atoms with van der Waals surface area (Å²) in [7, 11) is 0. The molecule has 0 aliphatic heterocycles. The predicted octanol–water partition coefficient (Wildman–Crippen LogP) is 3.86. The second kappa shape index (κ2) is 8.20. The number of hydrogen-bond acceptors (Lipinski definition) is 3. The Balaban J connectivity index is 2.10. The first-order valence-corrected chi connectivity index (χ1v) is 8.99. The molecular weight excluding hydrogens is 306 g/mol. The fraction of sp³-hybridized carbons (Fsp3) is 0.444. The zero-order valence-corrected chi connectivity index (χ0v) is 15.1. The van der Waals surface area contributed by atoms with Crippen molar-refractivity contribution in [2.24, 2.45) is 5.92 Å². The van der Waals surface area contributed by atoms with Crippen LogP contribution < -0.4 is 5.32 Å². The molecule has 1 aromatic carbocycles. The molecule has 0 saturated heterocycles. The van der Waals surface area contributed by atoms with Crippen molar-refractivity contribution in [2.75, 3.05) is 12.3 Å². The SMILES string of the molecule is CC(C)CNC(=O)CSc1nccn1-c1ccccc1C(C)C. The second-order valence-electron chi connectivity index (χ2n) is 6.28. The molecule has 1 heterocycles. The predicted molar refractivity (Wildman–Crippen MR) is 96.2 cm³/mol. The number of benzene rings is 1. The molecule has 2 rings (SSSR count). The van der Waals surface area contributed by atoms with Gasteiger partial charge in [-0.25, -0.2) is 4.98 Å². The van der Waals surface area contributed by atoms with Crippen molar-refractivity contribution < 1.29 is 4.79 Å². The lowest BCUT2D eigenvalue weighted by Crippen LogP contribution is -2.28. The molecule has 0 atom stereocenters. The Labute approximate surface area is 142 Å². The Morgan fingerprint density at radius 2 is 2.00 bits per heavy atom. The Kier molecular flexibility index (Phi) is 6.28. The van der Waals surface area contributed by atoms with Crippen LogP contribution in [0.15, 0.2) is 41.8 Å². The number of thioether (sulfide) groups is 1. The van der Waals surface area contributed by atoms with Gasteiger partial charge in [-0.1, -0.05) is 57.7 Å². The zero-order valence-electron chi connectivity index (χ0n) is 14.2. The number of hydrogen-bond donors (Lipinski definition) is 1. The number of imidazole rings is 1. The number of carbonyl (C=O) groups excluding carboxylic acids is 1. The molecule has 0 spiro atoms. The summed E-state index contributed by atoms with van der Waals surface area (Å²) in [6.45, 7) is 9.25. The largest absolute Gasteiger partial charge is 0.355 e. The van der Waals surface area contributed by atoms with Gasteiger partial charge in [-0.05, 0) is 23.5 Å². The van der Waals surface area contributed by atoms with Crippen molar-refractivity contribution in [3.8, 4) is 5.69 Å². The van der Waals surface area contributed by atoms with Crippen LogP contribution in [0.4, 0.5) is 0 Å². The maximum Gasteiger partial charge on any atom is 0.230 e. The minimum absolute atomic E-state index is 0.0513. The monoisotopic (exact) mass is 331 g/mol. The summed E-state index contributed by atoms with van der Waals surface area (Å²) in [5, 5.41) is 3.78. The van der Waals surface area contributed by atoms with Crippen molar-refractivity contribution in [1.82, 2.24) is 14.9 Å². The van der Waals surface area contributed by atoms with Crippen LogP contribution in [0.1, 0.15) is 39.2 Å². The molecule has 0 aliphatic carbocycles. The van der Waals surface area contributed by atoms with Gasteiger partial charge in [0.15, 0.2) is 5.16 Å². The molecule has 5 heteroatoms. The van der Waals surface area contributed by atoms with Crippen LogP contribution in [0.3, 0.4) is 0 Å². The molecule has 0 radical (unpaired) electrons. The van der Waals surface area contributed by atoms with Crippen LogP contribution in [0.2, 0.25) is 0 Å². The first-order valence-electron chi connectivity index (χ1n) is 8.01. The average molecular weight is 331 g/mol. The third kappa shape index (κ3) is 4.86. The van der Waals surface area contributed by atoms with Crippen molar-refractivity contribution in [3.63, 3.8) is 0 Å². The van der Waals surface area contributed by atoms with E-state index in [0.29, 0.717) is 24.1 Å². The number of aromatic nitrogens is 2. The van der Waals surface area contributed by atoms with E-state index in [1.165, 1.54) is 17.3 Å². The molecule has 0 bridgehead atoms. The van der Waals surface area contributed by atoms with Gasteiger partial charge >= 0.3 is 0 Å². The molecule has 124 valence electrons. The summed E-state index contributed by atoms with van der Waals surface area (Å²) in [6, 6.07) is 8.33. The quantitative estimate of drug-likeness (QED) is 0.784. The van der Waals surface area contributed by atoms with E-state index in [1.54, 1.807) is 6.20 Å². The molecule has 1 aromatic heterocycles. The van der Waals surface area contributed by atoms with Crippen LogP contribution in [0.25, 0.3) is 5.69 Å². The lowest BCUT2D eigenvalue weighted by Gasteiger charge is -2.15. The van der Waals surface area contributed by atoms with E-state index in [2.05, 4.69) is 60.8 Å². The van der Waals surface area contributed by atoms with E-state index in [-0.39, 0.29) is 5.91 Å². The minimum Gasteiger partial charge on any atom is -0.355 e. The number of nitrogens with one attached hydrogen (secondary N) is 1. The van der Waals surface area contributed by atoms with Crippen LogP contribution in [-0.2, 0) is 4.79 Å². The van der Waals surface area contributed by atoms with E-state index in [9.17, 15) is 4.79 Å². The molecule has 0 unspecified atom stereocenters. The number of nitrogens with zero attached hydrogens (tertiary/aromatic N) is 2. The molecule has 0 fully saturated rings. The van der Waals surface area contributed by atoms with Crippen LogP contribution >= 0.6 is 11.8 Å². The van der Waals surface area contributed by atoms with Gasteiger partial charge in [0.1, 0.15) is 0 Å². The lowest BCUT2D eigenvalue weighted by atomic mass is 10.0. The summed E-state index contributed by atoms with van der Waals surface area (Å²) in [5.74, 6) is 1.33. The zero-order chi connectivity index (χ0) is 16.8. The van der Waals surface area contributed by atoms with Gasteiger partial charge in [-0.15, -0.1) is 0 Å². The third-order valence-electron chi connectivity index (χ3n) is 3.46. The van der Waals surface area contributed by atoms with Crippen molar-refractivity contribution in [3.05, 3.63) is 42.2 Å². The molecule has 2 aromatic rings. The highest BCUT2D eigenvalue weighted by Crippen LogP contribution is 2.27. The number of amides is 1.